The maximum Gasteiger partial charge on any atom is 0.354 e. The van der Waals surface area contributed by atoms with Crippen molar-refractivity contribution in [1.29, 1.82) is 0 Å². The first kappa shape index (κ1) is 14.9. The van der Waals surface area contributed by atoms with Crippen LogP contribution >= 0.6 is 34.2 Å². The number of aromatic carboxylic acids is 1. The van der Waals surface area contributed by atoms with Gasteiger partial charge in [0.15, 0.2) is 0 Å². The number of hydrogen-bond donors (Lipinski definition) is 3. The molecular formula is C13H10ClIN2O3. The first-order valence-electron chi connectivity index (χ1n) is 5.58. The van der Waals surface area contributed by atoms with Crippen molar-refractivity contribution in [3.63, 3.8) is 0 Å². The predicted molar refractivity (Wildman–Crippen MR) is 84.6 cm³/mol. The van der Waals surface area contributed by atoms with Crippen molar-refractivity contribution >= 4 is 51.8 Å². The molecule has 1 amide bonds. The minimum absolute atomic E-state index is 0.0483. The second-order valence-electron chi connectivity index (χ2n) is 4.12. The average molecular weight is 405 g/mol. The lowest BCUT2D eigenvalue weighted by Crippen LogP contribution is -2.15. The van der Waals surface area contributed by atoms with Crippen LogP contribution in [0.4, 0.5) is 5.69 Å². The van der Waals surface area contributed by atoms with Gasteiger partial charge in [0.1, 0.15) is 5.69 Å². The van der Waals surface area contributed by atoms with Gasteiger partial charge >= 0.3 is 5.97 Å². The molecule has 0 aliphatic heterocycles. The summed E-state index contributed by atoms with van der Waals surface area (Å²) in [5.41, 5.74) is 1.23. The van der Waals surface area contributed by atoms with E-state index in [2.05, 4.69) is 10.3 Å². The Kier molecular flexibility index (Phi) is 4.34. The monoisotopic (exact) mass is 404 g/mol. The summed E-state index contributed by atoms with van der Waals surface area (Å²) in [6.45, 7) is 1.71. The van der Waals surface area contributed by atoms with E-state index in [0.29, 0.717) is 16.3 Å². The first-order chi connectivity index (χ1) is 9.38. The predicted octanol–water partition coefficient (Wildman–Crippen LogP) is 3.53. The number of H-pyrrole nitrogens is 1. The van der Waals surface area contributed by atoms with Gasteiger partial charge in [-0.2, -0.15) is 0 Å². The summed E-state index contributed by atoms with van der Waals surface area (Å²) in [6.07, 6.45) is 0. The number of hydrogen-bond acceptors (Lipinski definition) is 2. The Morgan fingerprint density at radius 1 is 1.35 bits per heavy atom. The molecule has 0 fully saturated rings. The molecule has 0 radical (unpaired) electrons. The molecule has 3 N–H and O–H groups in total. The van der Waals surface area contributed by atoms with Crippen LogP contribution in [-0.4, -0.2) is 22.0 Å². The van der Waals surface area contributed by atoms with Crippen LogP contribution in [0.5, 0.6) is 0 Å². The Bertz CT molecular complexity index is 697. The zero-order chi connectivity index (χ0) is 14.9. The van der Waals surface area contributed by atoms with Crippen molar-refractivity contribution in [2.24, 2.45) is 0 Å². The number of halogens is 2. The van der Waals surface area contributed by atoms with Gasteiger partial charge in [-0.15, -0.1) is 0 Å². The number of amides is 1. The van der Waals surface area contributed by atoms with E-state index in [1.165, 1.54) is 0 Å². The first-order valence-corrected chi connectivity index (χ1v) is 7.03. The standard InChI is InChI=1S/C13H10ClIN2O3/c1-6-4-10(11(16-6)13(19)20)17-12(18)8-5-7(14)2-3-9(8)15/h2-5,16H,1H3,(H,17,18)(H,19,20). The third-order valence-electron chi connectivity index (χ3n) is 2.59. The van der Waals surface area contributed by atoms with E-state index in [-0.39, 0.29) is 11.4 Å². The second kappa shape index (κ2) is 5.84. The highest BCUT2D eigenvalue weighted by atomic mass is 127. The minimum atomic E-state index is -1.13. The summed E-state index contributed by atoms with van der Waals surface area (Å²) < 4.78 is 0.730. The molecule has 0 aliphatic rings. The molecule has 0 unspecified atom stereocenters. The van der Waals surface area contributed by atoms with Gasteiger partial charge in [0.25, 0.3) is 5.91 Å². The molecule has 0 atom stereocenters. The van der Waals surface area contributed by atoms with Gasteiger partial charge in [-0.3, -0.25) is 4.79 Å². The van der Waals surface area contributed by atoms with Crippen molar-refractivity contribution in [1.82, 2.24) is 4.98 Å². The number of rotatable bonds is 3. The van der Waals surface area contributed by atoms with Crippen molar-refractivity contribution in [2.75, 3.05) is 5.32 Å². The van der Waals surface area contributed by atoms with Gasteiger partial charge in [0.05, 0.1) is 11.3 Å². The summed E-state index contributed by atoms with van der Waals surface area (Å²) in [5.74, 6) is -1.53. The van der Waals surface area contributed by atoms with Crippen LogP contribution in [-0.2, 0) is 0 Å². The zero-order valence-electron chi connectivity index (χ0n) is 10.3. The normalized spacial score (nSPS) is 10.3. The summed E-state index contributed by atoms with van der Waals surface area (Å²) in [7, 11) is 0. The van der Waals surface area contributed by atoms with E-state index in [9.17, 15) is 9.59 Å². The van der Waals surface area contributed by atoms with Crippen molar-refractivity contribution in [2.45, 2.75) is 6.92 Å². The maximum atomic E-state index is 12.2. The summed E-state index contributed by atoms with van der Waals surface area (Å²) in [6, 6.07) is 6.51. The van der Waals surface area contributed by atoms with E-state index < -0.39 is 11.9 Å². The van der Waals surface area contributed by atoms with Crippen molar-refractivity contribution in [3.05, 3.63) is 49.8 Å². The lowest BCUT2D eigenvalue weighted by Gasteiger charge is -2.07. The number of carbonyl (C=O) groups is 2. The Hall–Kier alpha value is -1.54. The largest absolute Gasteiger partial charge is 0.477 e. The van der Waals surface area contributed by atoms with Crippen LogP contribution < -0.4 is 5.32 Å². The fourth-order valence-corrected chi connectivity index (χ4v) is 2.47. The number of carboxylic acids is 1. The second-order valence-corrected chi connectivity index (χ2v) is 5.72. The fraction of sp³-hybridized carbons (Fsp3) is 0.0769. The molecule has 1 aromatic heterocycles. The van der Waals surface area contributed by atoms with Gasteiger partial charge in [-0.25, -0.2) is 4.79 Å². The lowest BCUT2D eigenvalue weighted by atomic mass is 10.2. The highest BCUT2D eigenvalue weighted by Crippen LogP contribution is 2.21. The minimum Gasteiger partial charge on any atom is -0.477 e. The van der Waals surface area contributed by atoms with E-state index >= 15 is 0 Å². The lowest BCUT2D eigenvalue weighted by molar-refractivity contribution is 0.0692. The smallest absolute Gasteiger partial charge is 0.354 e. The number of aromatic amines is 1. The van der Waals surface area contributed by atoms with Crippen molar-refractivity contribution < 1.29 is 14.7 Å². The van der Waals surface area contributed by atoms with Gasteiger partial charge < -0.3 is 15.4 Å². The third-order valence-corrected chi connectivity index (χ3v) is 3.76. The van der Waals surface area contributed by atoms with E-state index in [1.54, 1.807) is 31.2 Å². The highest BCUT2D eigenvalue weighted by molar-refractivity contribution is 14.1. The SMILES string of the molecule is Cc1cc(NC(=O)c2cc(Cl)ccc2I)c(C(=O)O)[nH]1. The number of carboxylic acid groups (broad SMARTS) is 1. The van der Waals surface area contributed by atoms with Gasteiger partial charge in [0, 0.05) is 14.3 Å². The summed E-state index contributed by atoms with van der Waals surface area (Å²) in [5, 5.41) is 12.1. The van der Waals surface area contributed by atoms with Crippen LogP contribution in [0.3, 0.4) is 0 Å². The fourth-order valence-electron chi connectivity index (χ4n) is 1.72. The number of aryl methyl sites for hydroxylation is 1. The molecule has 5 nitrogen and oxygen atoms in total. The van der Waals surface area contributed by atoms with Gasteiger partial charge in [-0.05, 0) is 53.8 Å². The molecule has 0 saturated carbocycles. The maximum absolute atomic E-state index is 12.2. The Morgan fingerprint density at radius 2 is 2.05 bits per heavy atom. The topological polar surface area (TPSA) is 82.2 Å². The summed E-state index contributed by atoms with van der Waals surface area (Å²) in [4.78, 5) is 25.9. The molecule has 20 heavy (non-hydrogen) atoms. The van der Waals surface area contributed by atoms with Crippen LogP contribution in [0, 0.1) is 10.5 Å². The van der Waals surface area contributed by atoms with Crippen LogP contribution in [0.15, 0.2) is 24.3 Å². The molecule has 104 valence electrons. The Morgan fingerprint density at radius 3 is 2.70 bits per heavy atom. The third kappa shape index (κ3) is 3.13. The van der Waals surface area contributed by atoms with Crippen LogP contribution in [0.2, 0.25) is 5.02 Å². The molecule has 2 aromatic rings. The molecule has 0 aliphatic carbocycles. The number of benzene rings is 1. The summed E-state index contributed by atoms with van der Waals surface area (Å²) >= 11 is 7.88. The zero-order valence-corrected chi connectivity index (χ0v) is 13.2. The van der Waals surface area contributed by atoms with E-state index in [4.69, 9.17) is 16.7 Å². The number of aromatic nitrogens is 1. The molecule has 0 spiro atoms. The molecule has 2 rings (SSSR count). The quantitative estimate of drug-likeness (QED) is 0.685. The van der Waals surface area contributed by atoms with Crippen LogP contribution in [0.25, 0.3) is 0 Å². The van der Waals surface area contributed by atoms with Crippen molar-refractivity contribution in [3.8, 4) is 0 Å². The van der Waals surface area contributed by atoms with E-state index in [1.807, 2.05) is 22.6 Å². The van der Waals surface area contributed by atoms with Gasteiger partial charge in [0.2, 0.25) is 0 Å². The number of carbonyl (C=O) groups excluding carboxylic acids is 1. The Labute approximate surface area is 133 Å². The van der Waals surface area contributed by atoms with Gasteiger partial charge in [-0.1, -0.05) is 11.6 Å². The number of nitrogens with one attached hydrogen (secondary N) is 2. The highest BCUT2D eigenvalue weighted by Gasteiger charge is 2.17. The molecule has 1 aromatic carbocycles. The number of anilines is 1. The molecule has 7 heteroatoms. The molecule has 0 bridgehead atoms. The Balaban J connectivity index is 2.32. The molecular weight excluding hydrogens is 395 g/mol. The van der Waals surface area contributed by atoms with E-state index in [0.717, 1.165) is 3.57 Å². The van der Waals surface area contributed by atoms with Crippen LogP contribution in [0.1, 0.15) is 26.5 Å². The average Bonchev–Trinajstić information content (AvgIpc) is 2.73. The molecule has 1 heterocycles. The molecule has 0 saturated heterocycles.